The molecule has 2 atom stereocenters. The molecule has 0 fully saturated rings. The maximum absolute atomic E-state index is 12.8. The van der Waals surface area contributed by atoms with Gasteiger partial charge in [-0.15, -0.1) is 0 Å². The lowest BCUT2D eigenvalue weighted by atomic mass is 9.98. The third-order valence-electron chi connectivity index (χ3n) is 6.24. The number of aliphatic imine (C=N–C) groups is 1. The van der Waals surface area contributed by atoms with Crippen LogP contribution < -0.4 is 10.1 Å². The minimum absolute atomic E-state index is 0.0166. The molecule has 2 amide bonds. The number of halogens is 1. The number of benzene rings is 3. The van der Waals surface area contributed by atoms with Crippen LogP contribution in [0.5, 0.6) is 5.75 Å². The summed E-state index contributed by atoms with van der Waals surface area (Å²) in [6.07, 6.45) is 0.637. The van der Waals surface area contributed by atoms with Crippen LogP contribution in [0.25, 0.3) is 0 Å². The molecule has 0 saturated heterocycles. The molecule has 9 heteroatoms. The topological polar surface area (TPSA) is 83.4 Å². The van der Waals surface area contributed by atoms with Crippen molar-refractivity contribution in [2.24, 2.45) is 10.1 Å². The Labute approximate surface area is 224 Å². The fourth-order valence-corrected chi connectivity index (χ4v) is 5.47. The molecule has 2 aliphatic rings. The summed E-state index contributed by atoms with van der Waals surface area (Å²) < 4.78 is 5.31. The Balaban J connectivity index is 1.36. The van der Waals surface area contributed by atoms with Crippen LogP contribution in [0.15, 0.2) is 82.9 Å². The van der Waals surface area contributed by atoms with E-state index in [4.69, 9.17) is 21.4 Å². The highest BCUT2D eigenvalue weighted by atomic mass is 35.5. The van der Waals surface area contributed by atoms with Crippen LogP contribution in [-0.2, 0) is 9.59 Å². The minimum Gasteiger partial charge on any atom is -0.497 e. The highest BCUT2D eigenvalue weighted by molar-refractivity contribution is 8.15. The summed E-state index contributed by atoms with van der Waals surface area (Å²) in [4.78, 5) is 29.8. The summed E-state index contributed by atoms with van der Waals surface area (Å²) in [5, 5.41) is 9.78. The van der Waals surface area contributed by atoms with Crippen molar-refractivity contribution in [3.05, 3.63) is 94.5 Å². The van der Waals surface area contributed by atoms with E-state index in [0.717, 1.165) is 22.6 Å². The van der Waals surface area contributed by atoms with Gasteiger partial charge in [0.05, 0.1) is 29.6 Å². The molecule has 3 aromatic carbocycles. The Bertz CT molecular complexity index is 1390. The highest BCUT2D eigenvalue weighted by Gasteiger charge is 2.39. The fraction of sp³-hybridized carbons (Fsp3) is 0.214. The first kappa shape index (κ1) is 25.0. The quantitative estimate of drug-likeness (QED) is 0.431. The number of ether oxygens (including phenoxy) is 1. The number of methoxy groups -OCH3 is 1. The lowest BCUT2D eigenvalue weighted by Gasteiger charge is -2.23. The smallest absolute Gasteiger partial charge is 0.262 e. The number of hydrogen-bond donors (Lipinski definition) is 1. The van der Waals surface area contributed by atoms with Crippen LogP contribution in [-0.4, -0.2) is 40.1 Å². The summed E-state index contributed by atoms with van der Waals surface area (Å²) in [5.74, 6) is 0.120. The van der Waals surface area contributed by atoms with E-state index >= 15 is 0 Å². The normalized spacial score (nSPS) is 19.0. The van der Waals surface area contributed by atoms with E-state index in [-0.39, 0.29) is 24.3 Å². The number of thioether (sulfide) groups is 1. The number of amidine groups is 1. The van der Waals surface area contributed by atoms with Gasteiger partial charge >= 0.3 is 0 Å². The summed E-state index contributed by atoms with van der Waals surface area (Å²) in [7, 11) is 1.63. The fourth-order valence-electron chi connectivity index (χ4n) is 4.23. The summed E-state index contributed by atoms with van der Waals surface area (Å²) in [6.45, 7) is 2.05. The maximum Gasteiger partial charge on any atom is 0.262 e. The van der Waals surface area contributed by atoms with Crippen LogP contribution in [0.1, 0.15) is 35.6 Å². The van der Waals surface area contributed by atoms with Gasteiger partial charge in [-0.05, 0) is 42.3 Å². The standard InChI is InChI=1S/C28H25ClN4O3S/c1-17-7-9-18(10-8-17)23-15-24(19-11-13-20(36-2)14-12-19)33(32-23)28-31-27(35)25(37-28)16-26(34)30-22-6-4-3-5-21(22)29/h3-14,24-25H,15-16H2,1-2H3,(H,30,34)/t24-,25-/m1/s1. The lowest BCUT2D eigenvalue weighted by Crippen LogP contribution is -2.25. The summed E-state index contributed by atoms with van der Waals surface area (Å²) in [6, 6.07) is 22.9. The number of anilines is 1. The molecule has 37 heavy (non-hydrogen) atoms. The molecular formula is C28H25ClN4O3S. The number of hydrogen-bond acceptors (Lipinski definition) is 6. The van der Waals surface area contributed by atoms with Gasteiger partial charge < -0.3 is 10.1 Å². The summed E-state index contributed by atoms with van der Waals surface area (Å²) >= 11 is 7.42. The van der Waals surface area contributed by atoms with Gasteiger partial charge in [0.2, 0.25) is 5.91 Å². The molecule has 188 valence electrons. The Kier molecular flexibility index (Phi) is 7.30. The van der Waals surface area contributed by atoms with Gasteiger partial charge in [-0.2, -0.15) is 10.1 Å². The average molecular weight is 533 g/mol. The Morgan fingerprint density at radius 1 is 1.11 bits per heavy atom. The molecule has 3 aromatic rings. The van der Waals surface area contributed by atoms with E-state index in [1.165, 1.54) is 17.3 Å². The van der Waals surface area contributed by atoms with Gasteiger partial charge in [-0.3, -0.25) is 9.59 Å². The number of carbonyl (C=O) groups excluding carboxylic acids is 2. The van der Waals surface area contributed by atoms with Crippen LogP contribution >= 0.6 is 23.4 Å². The van der Waals surface area contributed by atoms with E-state index in [1.54, 1.807) is 31.4 Å². The van der Waals surface area contributed by atoms with E-state index in [2.05, 4.69) is 34.6 Å². The molecule has 0 bridgehead atoms. The SMILES string of the molecule is COc1ccc([C@H]2CC(c3ccc(C)cc3)=NN2C2=NC(=O)[C@@H](CC(=O)Nc3ccccc3Cl)S2)cc1. The minimum atomic E-state index is -0.632. The number of amides is 2. The van der Waals surface area contributed by atoms with Crippen molar-refractivity contribution in [3.63, 3.8) is 0 Å². The first-order valence-corrected chi connectivity index (χ1v) is 13.1. The molecule has 7 nitrogen and oxygen atoms in total. The predicted molar refractivity (Wildman–Crippen MR) is 148 cm³/mol. The number of rotatable bonds is 6. The van der Waals surface area contributed by atoms with Crippen molar-refractivity contribution >= 4 is 51.7 Å². The van der Waals surface area contributed by atoms with Gasteiger partial charge in [0.15, 0.2) is 5.17 Å². The van der Waals surface area contributed by atoms with Crippen molar-refractivity contribution in [3.8, 4) is 5.75 Å². The highest BCUT2D eigenvalue weighted by Crippen LogP contribution is 2.39. The Morgan fingerprint density at radius 3 is 2.54 bits per heavy atom. The molecule has 0 saturated carbocycles. The molecule has 5 rings (SSSR count). The monoisotopic (exact) mass is 532 g/mol. The second-order valence-corrected chi connectivity index (χ2v) is 10.4. The van der Waals surface area contributed by atoms with Gasteiger partial charge in [-0.1, -0.05) is 77.5 Å². The van der Waals surface area contributed by atoms with Crippen molar-refractivity contribution in [1.82, 2.24) is 5.01 Å². The van der Waals surface area contributed by atoms with Gasteiger partial charge in [-0.25, -0.2) is 5.01 Å². The first-order valence-electron chi connectivity index (χ1n) is 11.8. The van der Waals surface area contributed by atoms with Crippen molar-refractivity contribution in [1.29, 1.82) is 0 Å². The second kappa shape index (κ2) is 10.8. The third kappa shape index (κ3) is 5.55. The number of para-hydroxylation sites is 1. The van der Waals surface area contributed by atoms with Gasteiger partial charge in [0.25, 0.3) is 5.91 Å². The van der Waals surface area contributed by atoms with E-state index in [0.29, 0.717) is 22.3 Å². The van der Waals surface area contributed by atoms with Crippen LogP contribution in [0, 0.1) is 6.92 Å². The van der Waals surface area contributed by atoms with Crippen molar-refractivity contribution in [2.75, 3.05) is 12.4 Å². The third-order valence-corrected chi connectivity index (χ3v) is 7.71. The van der Waals surface area contributed by atoms with Gasteiger partial charge in [0.1, 0.15) is 11.0 Å². The zero-order chi connectivity index (χ0) is 25.9. The Morgan fingerprint density at radius 2 is 1.84 bits per heavy atom. The molecule has 0 aromatic heterocycles. The first-order chi connectivity index (χ1) is 17.9. The second-order valence-electron chi connectivity index (χ2n) is 8.82. The molecule has 0 unspecified atom stereocenters. The Hall–Kier alpha value is -3.62. The summed E-state index contributed by atoms with van der Waals surface area (Å²) in [5.41, 5.74) is 4.65. The zero-order valence-electron chi connectivity index (χ0n) is 20.3. The van der Waals surface area contributed by atoms with Crippen LogP contribution in [0.4, 0.5) is 5.69 Å². The predicted octanol–water partition coefficient (Wildman–Crippen LogP) is 5.83. The number of carbonyl (C=O) groups is 2. The molecule has 0 radical (unpaired) electrons. The molecule has 0 aliphatic carbocycles. The van der Waals surface area contributed by atoms with E-state index in [9.17, 15) is 9.59 Å². The maximum atomic E-state index is 12.8. The molecule has 1 N–H and O–H groups in total. The molecular weight excluding hydrogens is 508 g/mol. The largest absolute Gasteiger partial charge is 0.497 e. The van der Waals surface area contributed by atoms with Crippen molar-refractivity contribution < 1.29 is 14.3 Å². The van der Waals surface area contributed by atoms with Crippen LogP contribution in [0.2, 0.25) is 5.02 Å². The number of hydrazone groups is 1. The lowest BCUT2D eigenvalue weighted by molar-refractivity contribution is -0.121. The molecule has 0 spiro atoms. The average Bonchev–Trinajstić information content (AvgIpc) is 3.50. The van der Waals surface area contributed by atoms with Crippen molar-refractivity contribution in [2.45, 2.75) is 31.1 Å². The number of nitrogens with one attached hydrogen (secondary N) is 1. The molecule has 2 aliphatic heterocycles. The number of aryl methyl sites for hydroxylation is 1. The van der Waals surface area contributed by atoms with E-state index < -0.39 is 5.25 Å². The van der Waals surface area contributed by atoms with Crippen LogP contribution in [0.3, 0.4) is 0 Å². The number of nitrogens with zero attached hydrogens (tertiary/aromatic N) is 3. The van der Waals surface area contributed by atoms with Gasteiger partial charge in [0, 0.05) is 12.8 Å². The molecule has 2 heterocycles. The van der Waals surface area contributed by atoms with E-state index in [1.807, 2.05) is 36.2 Å². The zero-order valence-corrected chi connectivity index (χ0v) is 21.9.